The van der Waals surface area contributed by atoms with Gasteiger partial charge in [-0.25, -0.2) is 5.01 Å². The van der Waals surface area contributed by atoms with Crippen LogP contribution in [0, 0.1) is 17.8 Å². The van der Waals surface area contributed by atoms with Crippen molar-refractivity contribution in [3.8, 4) is 0 Å². The zero-order chi connectivity index (χ0) is 11.0. The summed E-state index contributed by atoms with van der Waals surface area (Å²) in [6.07, 6.45) is 5.04. The number of ether oxygens (including phenoxy) is 1. The van der Waals surface area contributed by atoms with Crippen LogP contribution in [0.3, 0.4) is 0 Å². The average molecular weight is 224 g/mol. The molecule has 0 unspecified atom stereocenters. The molecule has 1 amide bonds. The summed E-state index contributed by atoms with van der Waals surface area (Å²) >= 11 is 0. The third-order valence-electron chi connectivity index (χ3n) is 4.35. The second-order valence-corrected chi connectivity index (χ2v) is 5.36. The molecule has 0 aromatic heterocycles. The lowest BCUT2D eigenvalue weighted by atomic mass is 9.88. The van der Waals surface area contributed by atoms with E-state index < -0.39 is 0 Å². The lowest BCUT2D eigenvalue weighted by Crippen LogP contribution is -2.50. The molecule has 1 N–H and O–H groups in total. The molecule has 1 saturated heterocycles. The number of rotatable bonds is 2. The summed E-state index contributed by atoms with van der Waals surface area (Å²) in [5.74, 6) is 2.06. The van der Waals surface area contributed by atoms with Crippen LogP contribution in [0.25, 0.3) is 0 Å². The molecule has 3 aliphatic rings. The van der Waals surface area contributed by atoms with Gasteiger partial charge in [0.05, 0.1) is 13.2 Å². The van der Waals surface area contributed by atoms with Crippen LogP contribution in [0.1, 0.15) is 25.7 Å². The van der Waals surface area contributed by atoms with Crippen molar-refractivity contribution >= 4 is 5.91 Å². The standard InChI is InChI=1S/C12H20N2O2/c15-12(13-14-3-5-16-6-4-14)11-8-9-1-2-10(11)7-9/h9-11H,1-8H2,(H,13,15)/t9-,10-,11+/m1/s1. The van der Waals surface area contributed by atoms with E-state index in [1.54, 1.807) is 0 Å². The fourth-order valence-corrected chi connectivity index (χ4v) is 3.48. The molecule has 4 heteroatoms. The van der Waals surface area contributed by atoms with Crippen molar-refractivity contribution in [2.24, 2.45) is 17.8 Å². The molecule has 0 spiro atoms. The molecule has 2 saturated carbocycles. The number of fused-ring (bicyclic) bond motifs is 2. The zero-order valence-corrected chi connectivity index (χ0v) is 9.65. The Morgan fingerprint density at radius 1 is 1.19 bits per heavy atom. The van der Waals surface area contributed by atoms with Gasteiger partial charge >= 0.3 is 0 Å². The van der Waals surface area contributed by atoms with Gasteiger partial charge in [0.2, 0.25) is 5.91 Å². The maximum Gasteiger partial charge on any atom is 0.237 e. The monoisotopic (exact) mass is 224 g/mol. The van der Waals surface area contributed by atoms with Crippen molar-refractivity contribution in [2.75, 3.05) is 26.3 Å². The van der Waals surface area contributed by atoms with Crippen molar-refractivity contribution < 1.29 is 9.53 Å². The van der Waals surface area contributed by atoms with Crippen molar-refractivity contribution in [1.82, 2.24) is 10.4 Å². The van der Waals surface area contributed by atoms with E-state index in [9.17, 15) is 4.79 Å². The van der Waals surface area contributed by atoms with Crippen molar-refractivity contribution in [1.29, 1.82) is 0 Å². The lowest BCUT2D eigenvalue weighted by molar-refractivity contribution is -0.133. The van der Waals surface area contributed by atoms with Gasteiger partial charge in [0, 0.05) is 19.0 Å². The minimum atomic E-state index is 0.258. The summed E-state index contributed by atoms with van der Waals surface area (Å²) in [4.78, 5) is 12.1. The number of hydrazine groups is 1. The molecule has 1 aliphatic heterocycles. The third-order valence-corrected chi connectivity index (χ3v) is 4.35. The Kier molecular flexibility index (Phi) is 2.86. The Morgan fingerprint density at radius 2 is 2.00 bits per heavy atom. The van der Waals surface area contributed by atoms with Crippen LogP contribution in [0.15, 0.2) is 0 Å². The maximum absolute atomic E-state index is 12.1. The molecule has 3 rings (SSSR count). The van der Waals surface area contributed by atoms with Gasteiger partial charge < -0.3 is 4.74 Å². The highest BCUT2D eigenvalue weighted by molar-refractivity contribution is 5.79. The molecule has 0 aromatic carbocycles. The Hall–Kier alpha value is -0.610. The first-order chi connectivity index (χ1) is 7.83. The van der Waals surface area contributed by atoms with Gasteiger partial charge in [-0.1, -0.05) is 6.42 Å². The summed E-state index contributed by atoms with van der Waals surface area (Å²) in [6, 6.07) is 0. The van der Waals surface area contributed by atoms with Crippen LogP contribution in [-0.2, 0) is 9.53 Å². The molecule has 0 aromatic rings. The van der Waals surface area contributed by atoms with Gasteiger partial charge in [-0.2, -0.15) is 0 Å². The smallest absolute Gasteiger partial charge is 0.237 e. The number of hydrogen-bond donors (Lipinski definition) is 1. The Morgan fingerprint density at radius 3 is 2.62 bits per heavy atom. The molecule has 2 bridgehead atoms. The molecule has 2 aliphatic carbocycles. The summed E-state index contributed by atoms with van der Waals surface area (Å²) in [6.45, 7) is 3.12. The molecule has 0 radical (unpaired) electrons. The Bertz CT molecular complexity index is 276. The van der Waals surface area contributed by atoms with Crippen LogP contribution in [0.4, 0.5) is 0 Å². The number of carbonyl (C=O) groups excluding carboxylic acids is 1. The van der Waals surface area contributed by atoms with Crippen molar-refractivity contribution in [3.63, 3.8) is 0 Å². The van der Waals surface area contributed by atoms with Gasteiger partial charge in [0.15, 0.2) is 0 Å². The van der Waals surface area contributed by atoms with Crippen LogP contribution < -0.4 is 5.43 Å². The highest BCUT2D eigenvalue weighted by atomic mass is 16.5. The van der Waals surface area contributed by atoms with E-state index in [0.717, 1.165) is 38.6 Å². The SMILES string of the molecule is O=C(NN1CCOCC1)[C@H]1C[C@@H]2CC[C@@H]1C2. The first-order valence-electron chi connectivity index (χ1n) is 6.46. The molecular weight excluding hydrogens is 204 g/mol. The molecule has 3 fully saturated rings. The second-order valence-electron chi connectivity index (χ2n) is 5.36. The van der Waals surface area contributed by atoms with Crippen LogP contribution in [0.5, 0.6) is 0 Å². The van der Waals surface area contributed by atoms with Gasteiger partial charge in [-0.15, -0.1) is 0 Å². The molecular formula is C12H20N2O2. The van der Waals surface area contributed by atoms with E-state index in [1.165, 1.54) is 19.3 Å². The van der Waals surface area contributed by atoms with E-state index in [4.69, 9.17) is 4.74 Å². The van der Waals surface area contributed by atoms with E-state index in [-0.39, 0.29) is 5.91 Å². The minimum Gasteiger partial charge on any atom is -0.379 e. The summed E-state index contributed by atoms with van der Waals surface area (Å²) < 4.78 is 5.26. The quantitative estimate of drug-likeness (QED) is 0.754. The fourth-order valence-electron chi connectivity index (χ4n) is 3.48. The van der Waals surface area contributed by atoms with Gasteiger partial charge in [-0.05, 0) is 31.1 Å². The van der Waals surface area contributed by atoms with E-state index in [2.05, 4.69) is 5.43 Å². The molecule has 90 valence electrons. The summed E-state index contributed by atoms with van der Waals surface area (Å²) in [5.41, 5.74) is 3.06. The summed E-state index contributed by atoms with van der Waals surface area (Å²) in [5, 5.41) is 2.01. The third kappa shape index (κ3) is 1.96. The van der Waals surface area contributed by atoms with Crippen LogP contribution >= 0.6 is 0 Å². The number of amides is 1. The fraction of sp³-hybridized carbons (Fsp3) is 0.917. The number of morpholine rings is 1. The topological polar surface area (TPSA) is 41.6 Å². The van der Waals surface area contributed by atoms with E-state index >= 15 is 0 Å². The predicted octanol–water partition coefficient (Wildman–Crippen LogP) is 0.786. The van der Waals surface area contributed by atoms with Crippen molar-refractivity contribution in [3.05, 3.63) is 0 Å². The maximum atomic E-state index is 12.1. The molecule has 3 atom stereocenters. The summed E-state index contributed by atoms with van der Waals surface area (Å²) in [7, 11) is 0. The average Bonchev–Trinajstić information content (AvgIpc) is 2.92. The number of nitrogens with one attached hydrogen (secondary N) is 1. The van der Waals surface area contributed by atoms with Gasteiger partial charge in [0.25, 0.3) is 0 Å². The first kappa shape index (κ1) is 10.5. The van der Waals surface area contributed by atoms with Crippen LogP contribution in [-0.4, -0.2) is 37.2 Å². The number of carbonyl (C=O) groups is 1. The highest BCUT2D eigenvalue weighted by Gasteiger charge is 2.43. The Balaban J connectivity index is 1.53. The van der Waals surface area contributed by atoms with Crippen molar-refractivity contribution in [2.45, 2.75) is 25.7 Å². The number of nitrogens with zero attached hydrogens (tertiary/aromatic N) is 1. The van der Waals surface area contributed by atoms with Crippen LogP contribution in [0.2, 0.25) is 0 Å². The van der Waals surface area contributed by atoms with E-state index in [1.807, 2.05) is 5.01 Å². The molecule has 1 heterocycles. The zero-order valence-electron chi connectivity index (χ0n) is 9.65. The molecule has 16 heavy (non-hydrogen) atoms. The first-order valence-corrected chi connectivity index (χ1v) is 6.46. The second kappa shape index (κ2) is 4.34. The predicted molar refractivity (Wildman–Crippen MR) is 59.5 cm³/mol. The lowest BCUT2D eigenvalue weighted by Gasteiger charge is -2.30. The largest absolute Gasteiger partial charge is 0.379 e. The normalized spacial score (nSPS) is 38.9. The Labute approximate surface area is 96.3 Å². The number of hydrogen-bond acceptors (Lipinski definition) is 3. The highest BCUT2D eigenvalue weighted by Crippen LogP contribution is 2.48. The molecule has 4 nitrogen and oxygen atoms in total. The van der Waals surface area contributed by atoms with Gasteiger partial charge in [0.1, 0.15) is 0 Å². The van der Waals surface area contributed by atoms with E-state index in [0.29, 0.717) is 11.8 Å². The minimum absolute atomic E-state index is 0.258. The van der Waals surface area contributed by atoms with Gasteiger partial charge in [-0.3, -0.25) is 10.2 Å².